The highest BCUT2D eigenvalue weighted by molar-refractivity contribution is 8.14. The second kappa shape index (κ2) is 7.09. The summed E-state index contributed by atoms with van der Waals surface area (Å²) in [6.07, 6.45) is 3.91. The predicted molar refractivity (Wildman–Crippen MR) is 92.1 cm³/mol. The molecule has 2 aromatic rings. The number of amidine groups is 1. The molecule has 2 unspecified atom stereocenters. The Morgan fingerprint density at radius 3 is 2.90 bits per heavy atom. The summed E-state index contributed by atoms with van der Waals surface area (Å²) in [4.78, 5) is 9.23. The standard InChI is InChI=1S/C16H19N3S2/c1-2-14(15-17-8-9-20-15)19-16-18-13(11-21-16)10-12-6-4-3-5-7-12/h3-9,13-14H,2,10-11H2,1H3,(H,18,19). The molecule has 1 aliphatic heterocycles. The first-order valence-electron chi connectivity index (χ1n) is 7.25. The zero-order chi connectivity index (χ0) is 14.5. The summed E-state index contributed by atoms with van der Waals surface area (Å²) in [7, 11) is 0. The number of benzene rings is 1. The molecule has 2 atom stereocenters. The quantitative estimate of drug-likeness (QED) is 0.909. The molecule has 3 rings (SSSR count). The molecular formula is C16H19N3S2. The van der Waals surface area contributed by atoms with Gasteiger partial charge < -0.3 is 5.32 Å². The molecule has 1 N–H and O–H groups in total. The van der Waals surface area contributed by atoms with Crippen molar-refractivity contribution in [2.24, 2.45) is 4.99 Å². The third-order valence-electron chi connectivity index (χ3n) is 3.48. The number of rotatable bonds is 5. The van der Waals surface area contributed by atoms with Gasteiger partial charge in [0, 0.05) is 17.3 Å². The number of aromatic nitrogens is 1. The Morgan fingerprint density at radius 1 is 1.33 bits per heavy atom. The number of nitrogens with zero attached hydrogens (tertiary/aromatic N) is 2. The minimum absolute atomic E-state index is 0.284. The number of hydrogen-bond donors (Lipinski definition) is 1. The monoisotopic (exact) mass is 317 g/mol. The van der Waals surface area contributed by atoms with Crippen LogP contribution in [0.3, 0.4) is 0 Å². The Morgan fingerprint density at radius 2 is 2.19 bits per heavy atom. The Labute approximate surface area is 133 Å². The van der Waals surface area contributed by atoms with E-state index in [1.165, 1.54) is 5.56 Å². The first-order valence-corrected chi connectivity index (χ1v) is 9.12. The summed E-state index contributed by atoms with van der Waals surface area (Å²) in [6.45, 7) is 2.18. The molecule has 5 heteroatoms. The van der Waals surface area contributed by atoms with E-state index in [0.717, 1.165) is 28.8 Å². The lowest BCUT2D eigenvalue weighted by Gasteiger charge is -2.14. The van der Waals surface area contributed by atoms with Gasteiger partial charge in [-0.25, -0.2) is 4.98 Å². The summed E-state index contributed by atoms with van der Waals surface area (Å²) in [5.74, 6) is 1.06. The Kier molecular flexibility index (Phi) is 4.93. The lowest BCUT2D eigenvalue weighted by atomic mass is 10.1. The SMILES string of the molecule is CCC(NC1=NC(Cc2ccccc2)CS1)c1nccs1. The molecule has 0 saturated heterocycles. The number of hydrogen-bond acceptors (Lipinski definition) is 5. The van der Waals surface area contributed by atoms with Crippen molar-refractivity contribution in [3.05, 3.63) is 52.5 Å². The Bertz CT molecular complexity index is 581. The molecule has 0 spiro atoms. The van der Waals surface area contributed by atoms with Crippen LogP contribution in [-0.4, -0.2) is 21.9 Å². The van der Waals surface area contributed by atoms with Crippen LogP contribution in [0, 0.1) is 0 Å². The molecule has 0 amide bonds. The summed E-state index contributed by atoms with van der Waals surface area (Å²) >= 11 is 3.53. The smallest absolute Gasteiger partial charge is 0.157 e. The lowest BCUT2D eigenvalue weighted by Crippen LogP contribution is -2.24. The van der Waals surface area contributed by atoms with E-state index in [1.54, 1.807) is 11.3 Å². The summed E-state index contributed by atoms with van der Waals surface area (Å²) in [6, 6.07) is 11.3. The van der Waals surface area contributed by atoms with Crippen molar-refractivity contribution in [3.63, 3.8) is 0 Å². The van der Waals surface area contributed by atoms with Gasteiger partial charge in [-0.1, -0.05) is 49.0 Å². The van der Waals surface area contributed by atoms with E-state index in [9.17, 15) is 0 Å². The van der Waals surface area contributed by atoms with Crippen molar-refractivity contribution in [2.45, 2.75) is 31.8 Å². The van der Waals surface area contributed by atoms with E-state index >= 15 is 0 Å². The van der Waals surface area contributed by atoms with Gasteiger partial charge >= 0.3 is 0 Å². The van der Waals surface area contributed by atoms with E-state index in [1.807, 2.05) is 23.3 Å². The maximum absolute atomic E-state index is 4.83. The van der Waals surface area contributed by atoms with E-state index in [2.05, 4.69) is 47.6 Å². The van der Waals surface area contributed by atoms with Gasteiger partial charge in [0.1, 0.15) is 5.01 Å². The second-order valence-corrected chi connectivity index (χ2v) is 7.00. The zero-order valence-corrected chi connectivity index (χ0v) is 13.7. The average Bonchev–Trinajstić information content (AvgIpc) is 3.17. The molecule has 0 bridgehead atoms. The molecule has 0 aliphatic carbocycles. The summed E-state index contributed by atoms with van der Waals surface area (Å²) < 4.78 is 0. The number of thioether (sulfide) groups is 1. The highest BCUT2D eigenvalue weighted by Crippen LogP contribution is 2.24. The fourth-order valence-electron chi connectivity index (χ4n) is 2.38. The van der Waals surface area contributed by atoms with Gasteiger partial charge in [0.05, 0.1) is 12.1 Å². The fourth-order valence-corrected chi connectivity index (χ4v) is 4.14. The van der Waals surface area contributed by atoms with Crippen LogP contribution in [-0.2, 0) is 6.42 Å². The van der Waals surface area contributed by atoms with Crippen LogP contribution in [0.2, 0.25) is 0 Å². The highest BCUT2D eigenvalue weighted by atomic mass is 32.2. The van der Waals surface area contributed by atoms with Crippen LogP contribution in [0.25, 0.3) is 0 Å². The maximum atomic E-state index is 4.83. The van der Waals surface area contributed by atoms with Crippen molar-refractivity contribution in [2.75, 3.05) is 5.75 Å². The van der Waals surface area contributed by atoms with Crippen LogP contribution in [0.1, 0.15) is 30.0 Å². The van der Waals surface area contributed by atoms with E-state index < -0.39 is 0 Å². The fraction of sp³-hybridized carbons (Fsp3) is 0.375. The maximum Gasteiger partial charge on any atom is 0.157 e. The number of thiazole rings is 1. The third kappa shape index (κ3) is 3.86. The predicted octanol–water partition coefficient (Wildman–Crippen LogP) is 3.90. The van der Waals surface area contributed by atoms with E-state index in [4.69, 9.17) is 4.99 Å². The molecule has 0 saturated carbocycles. The molecule has 0 radical (unpaired) electrons. The van der Waals surface area contributed by atoms with Crippen LogP contribution in [0.5, 0.6) is 0 Å². The van der Waals surface area contributed by atoms with Gasteiger partial charge in [0.15, 0.2) is 5.17 Å². The molecule has 1 aliphatic rings. The van der Waals surface area contributed by atoms with Gasteiger partial charge in [-0.05, 0) is 18.4 Å². The van der Waals surface area contributed by atoms with Crippen LogP contribution in [0.15, 0.2) is 46.9 Å². The number of aliphatic imine (C=N–C) groups is 1. The largest absolute Gasteiger partial charge is 0.356 e. The van der Waals surface area contributed by atoms with Crippen molar-refractivity contribution in [1.82, 2.24) is 10.3 Å². The Balaban J connectivity index is 1.60. The van der Waals surface area contributed by atoms with Gasteiger partial charge in [0.25, 0.3) is 0 Å². The average molecular weight is 317 g/mol. The summed E-state index contributed by atoms with van der Waals surface area (Å²) in [5, 5.41) is 7.79. The molecule has 1 aromatic heterocycles. The zero-order valence-electron chi connectivity index (χ0n) is 12.0. The molecule has 2 heterocycles. The minimum Gasteiger partial charge on any atom is -0.356 e. The van der Waals surface area contributed by atoms with Crippen molar-refractivity contribution < 1.29 is 0 Å². The first kappa shape index (κ1) is 14.6. The van der Waals surface area contributed by atoms with Crippen LogP contribution in [0.4, 0.5) is 0 Å². The summed E-state index contributed by atoms with van der Waals surface area (Å²) in [5.41, 5.74) is 1.36. The molecular weight excluding hydrogens is 298 g/mol. The van der Waals surface area contributed by atoms with Crippen LogP contribution >= 0.6 is 23.1 Å². The topological polar surface area (TPSA) is 37.3 Å². The minimum atomic E-state index is 0.284. The second-order valence-electron chi connectivity index (χ2n) is 5.06. The molecule has 0 fully saturated rings. The van der Waals surface area contributed by atoms with Gasteiger partial charge in [-0.15, -0.1) is 11.3 Å². The van der Waals surface area contributed by atoms with Gasteiger partial charge in [-0.3, -0.25) is 4.99 Å². The Hall–Kier alpha value is -1.33. The van der Waals surface area contributed by atoms with Crippen molar-refractivity contribution >= 4 is 28.3 Å². The molecule has 1 aromatic carbocycles. The van der Waals surface area contributed by atoms with Crippen molar-refractivity contribution in [3.8, 4) is 0 Å². The molecule has 110 valence electrons. The molecule has 3 nitrogen and oxygen atoms in total. The lowest BCUT2D eigenvalue weighted by molar-refractivity contribution is 0.622. The first-order chi connectivity index (χ1) is 10.3. The normalized spacial score (nSPS) is 19.3. The third-order valence-corrected chi connectivity index (χ3v) is 5.42. The highest BCUT2D eigenvalue weighted by Gasteiger charge is 2.21. The van der Waals surface area contributed by atoms with Crippen molar-refractivity contribution in [1.29, 1.82) is 0 Å². The van der Waals surface area contributed by atoms with E-state index in [0.29, 0.717) is 6.04 Å². The van der Waals surface area contributed by atoms with E-state index in [-0.39, 0.29) is 6.04 Å². The van der Waals surface area contributed by atoms with Gasteiger partial charge in [-0.2, -0.15) is 0 Å². The number of nitrogens with one attached hydrogen (secondary N) is 1. The molecule has 21 heavy (non-hydrogen) atoms. The van der Waals surface area contributed by atoms with Crippen LogP contribution < -0.4 is 5.32 Å². The van der Waals surface area contributed by atoms with Gasteiger partial charge in [0.2, 0.25) is 0 Å².